The van der Waals surface area contributed by atoms with Crippen molar-refractivity contribution < 1.29 is 63.0 Å². The lowest BCUT2D eigenvalue weighted by Crippen LogP contribution is -2.61. The first kappa shape index (κ1) is 32.7. The molecular formula is C34H30O13. The standard InChI is InChI=1S/C18H16O7.C16H14O6/c1-9-7-12(20)15-13(8-9)25-18(17(22)23-3)11(16(15)21)5-4-6-14(18)24-10(2)19;1-8-6-10(17)13-11(7-8)22-16(15(20)21-2)9(14(13)19)4-3-5-12(16)18/h4-8,14,20H,1-3H3;3-7,12,17-18H,1-2H3. The highest BCUT2D eigenvalue weighted by Gasteiger charge is 2.60. The summed E-state index contributed by atoms with van der Waals surface area (Å²) in [6.07, 6.45) is 5.94. The van der Waals surface area contributed by atoms with Crippen molar-refractivity contribution in [3.63, 3.8) is 0 Å². The Morgan fingerprint density at radius 3 is 1.68 bits per heavy atom. The Morgan fingerprint density at radius 2 is 1.19 bits per heavy atom. The summed E-state index contributed by atoms with van der Waals surface area (Å²) in [5, 5.41) is 30.4. The third-order valence-corrected chi connectivity index (χ3v) is 7.93. The van der Waals surface area contributed by atoms with E-state index in [1.54, 1.807) is 13.8 Å². The molecular weight excluding hydrogens is 616 g/mol. The van der Waals surface area contributed by atoms with E-state index in [9.17, 15) is 39.3 Å². The van der Waals surface area contributed by atoms with E-state index in [2.05, 4.69) is 0 Å². The van der Waals surface area contributed by atoms with Crippen LogP contribution in [0, 0.1) is 13.8 Å². The number of ketones is 2. The molecule has 47 heavy (non-hydrogen) atoms. The van der Waals surface area contributed by atoms with Crippen LogP contribution >= 0.6 is 0 Å². The maximum absolute atomic E-state index is 12.9. The van der Waals surface area contributed by atoms with Gasteiger partial charge in [-0.25, -0.2) is 9.59 Å². The summed E-state index contributed by atoms with van der Waals surface area (Å²) in [6.45, 7) is 4.60. The summed E-state index contributed by atoms with van der Waals surface area (Å²) in [6, 6.07) is 5.91. The van der Waals surface area contributed by atoms with Gasteiger partial charge in [0.1, 0.15) is 40.2 Å². The number of rotatable bonds is 3. The fraction of sp³-hybridized carbons (Fsp3) is 0.265. The smallest absolute Gasteiger partial charge is 0.359 e. The number of fused-ring (bicyclic) bond motifs is 4. The van der Waals surface area contributed by atoms with Crippen LogP contribution in [0.2, 0.25) is 0 Å². The number of esters is 3. The fourth-order valence-corrected chi connectivity index (χ4v) is 5.91. The molecule has 244 valence electrons. The number of carbonyl (C=O) groups is 5. The van der Waals surface area contributed by atoms with Crippen molar-refractivity contribution in [2.75, 3.05) is 14.2 Å². The number of aliphatic hydroxyl groups excluding tert-OH is 1. The Kier molecular flexibility index (Phi) is 8.29. The summed E-state index contributed by atoms with van der Waals surface area (Å²) in [7, 11) is 2.30. The highest BCUT2D eigenvalue weighted by atomic mass is 16.6. The quantitative estimate of drug-likeness (QED) is 0.326. The van der Waals surface area contributed by atoms with Crippen LogP contribution in [0.1, 0.15) is 38.8 Å². The van der Waals surface area contributed by atoms with Crippen LogP contribution in [0.4, 0.5) is 0 Å². The average Bonchev–Trinajstić information content (AvgIpc) is 3.00. The zero-order valence-electron chi connectivity index (χ0n) is 25.9. The first-order chi connectivity index (χ1) is 22.2. The maximum Gasteiger partial charge on any atom is 0.359 e. The SMILES string of the molecule is COC(=O)C12Oc3cc(C)cc(O)c3C(=O)C1=CC=CC2O.COC(=O)C12Oc3cc(C)cc(O)c3C(=O)C1=CC=CC2OC(C)=O. The van der Waals surface area contributed by atoms with Crippen LogP contribution in [-0.4, -0.2) is 82.4 Å². The molecule has 0 amide bonds. The minimum absolute atomic E-state index is 0.0255. The Balaban J connectivity index is 0.000000186. The molecule has 2 aromatic rings. The molecule has 4 atom stereocenters. The number of hydrogen-bond donors (Lipinski definition) is 3. The molecule has 0 spiro atoms. The van der Waals surface area contributed by atoms with Crippen LogP contribution in [0.3, 0.4) is 0 Å². The molecule has 6 rings (SSSR count). The minimum atomic E-state index is -1.96. The number of aryl methyl sites for hydroxylation is 2. The van der Waals surface area contributed by atoms with Gasteiger partial charge in [-0.2, -0.15) is 0 Å². The first-order valence-electron chi connectivity index (χ1n) is 14.2. The Hall–Kier alpha value is -5.69. The molecule has 4 unspecified atom stereocenters. The Morgan fingerprint density at radius 1 is 0.745 bits per heavy atom. The molecule has 2 aromatic carbocycles. The molecule has 2 heterocycles. The van der Waals surface area contributed by atoms with Gasteiger partial charge in [0.25, 0.3) is 11.2 Å². The molecule has 0 fully saturated rings. The number of phenols is 2. The maximum atomic E-state index is 12.9. The van der Waals surface area contributed by atoms with E-state index in [4.69, 9.17) is 23.7 Å². The molecule has 0 bridgehead atoms. The van der Waals surface area contributed by atoms with Crippen LogP contribution < -0.4 is 9.47 Å². The second-order valence-corrected chi connectivity index (χ2v) is 11.0. The molecule has 0 radical (unpaired) electrons. The van der Waals surface area contributed by atoms with Gasteiger partial charge in [-0.05, 0) is 55.3 Å². The summed E-state index contributed by atoms with van der Waals surface area (Å²) in [5.74, 6) is -3.99. The second kappa shape index (κ2) is 11.9. The van der Waals surface area contributed by atoms with E-state index >= 15 is 0 Å². The van der Waals surface area contributed by atoms with Crippen LogP contribution in [0.25, 0.3) is 0 Å². The molecule has 0 aromatic heterocycles. The van der Waals surface area contributed by atoms with Gasteiger partial charge in [0, 0.05) is 6.92 Å². The van der Waals surface area contributed by atoms with Crippen molar-refractivity contribution >= 4 is 29.5 Å². The largest absolute Gasteiger partial charge is 0.507 e. The van der Waals surface area contributed by atoms with E-state index in [0.29, 0.717) is 11.1 Å². The number of Topliss-reactive ketones (excluding diaryl/α,β-unsaturated/α-hetero) is 2. The molecule has 0 saturated carbocycles. The second-order valence-electron chi connectivity index (χ2n) is 11.0. The topological polar surface area (TPSA) is 192 Å². The fourth-order valence-electron chi connectivity index (χ4n) is 5.91. The number of carbonyl (C=O) groups excluding carboxylic acids is 5. The number of benzene rings is 2. The van der Waals surface area contributed by atoms with E-state index in [1.807, 2.05) is 0 Å². The minimum Gasteiger partial charge on any atom is -0.507 e. The molecule has 0 saturated heterocycles. The van der Waals surface area contributed by atoms with Crippen molar-refractivity contribution in [1.29, 1.82) is 0 Å². The van der Waals surface area contributed by atoms with Crippen LogP contribution in [0.15, 0.2) is 71.9 Å². The van der Waals surface area contributed by atoms with E-state index in [1.165, 1.54) is 67.6 Å². The predicted molar refractivity (Wildman–Crippen MR) is 161 cm³/mol. The van der Waals surface area contributed by atoms with Crippen molar-refractivity contribution in [1.82, 2.24) is 0 Å². The van der Waals surface area contributed by atoms with Gasteiger partial charge in [-0.1, -0.05) is 30.4 Å². The normalized spacial score (nSPS) is 24.6. The van der Waals surface area contributed by atoms with Gasteiger partial charge in [-0.15, -0.1) is 0 Å². The van der Waals surface area contributed by atoms with Gasteiger partial charge in [0.15, 0.2) is 6.10 Å². The Bertz CT molecular complexity index is 1860. The third-order valence-electron chi connectivity index (χ3n) is 7.93. The van der Waals surface area contributed by atoms with E-state index < -0.39 is 52.9 Å². The third kappa shape index (κ3) is 5.04. The monoisotopic (exact) mass is 646 g/mol. The van der Waals surface area contributed by atoms with E-state index in [-0.39, 0.29) is 45.3 Å². The molecule has 4 aliphatic rings. The predicted octanol–water partition coefficient (Wildman–Crippen LogP) is 2.66. The number of aliphatic hydroxyl groups is 1. The summed E-state index contributed by atoms with van der Waals surface area (Å²) in [5.41, 5.74) is -2.84. The Labute approximate surface area is 267 Å². The number of methoxy groups -OCH3 is 2. The number of allylic oxidation sites excluding steroid dienone is 4. The summed E-state index contributed by atoms with van der Waals surface area (Å²) in [4.78, 5) is 62.0. The average molecular weight is 647 g/mol. The summed E-state index contributed by atoms with van der Waals surface area (Å²) < 4.78 is 26.3. The number of ether oxygens (including phenoxy) is 5. The highest BCUT2D eigenvalue weighted by Crippen LogP contribution is 2.47. The van der Waals surface area contributed by atoms with Gasteiger partial charge in [-0.3, -0.25) is 14.4 Å². The van der Waals surface area contributed by atoms with Gasteiger partial charge in [0.2, 0.25) is 11.6 Å². The van der Waals surface area contributed by atoms with Gasteiger partial charge >= 0.3 is 17.9 Å². The number of phenolic OH excluding ortho intramolecular Hbond substituents is 2. The number of aromatic hydroxyl groups is 2. The summed E-state index contributed by atoms with van der Waals surface area (Å²) >= 11 is 0. The number of hydrogen-bond acceptors (Lipinski definition) is 13. The first-order valence-corrected chi connectivity index (χ1v) is 14.2. The zero-order valence-corrected chi connectivity index (χ0v) is 25.9. The lowest BCUT2D eigenvalue weighted by Gasteiger charge is -2.41. The zero-order chi connectivity index (χ0) is 34.4. The molecule has 3 N–H and O–H groups in total. The van der Waals surface area contributed by atoms with Crippen LogP contribution in [-0.2, 0) is 28.6 Å². The highest BCUT2D eigenvalue weighted by molar-refractivity contribution is 6.19. The lowest BCUT2D eigenvalue weighted by molar-refractivity contribution is -0.171. The van der Waals surface area contributed by atoms with Gasteiger partial charge < -0.3 is 39.0 Å². The van der Waals surface area contributed by atoms with Crippen molar-refractivity contribution in [3.8, 4) is 23.0 Å². The van der Waals surface area contributed by atoms with E-state index in [0.717, 1.165) is 14.2 Å². The molecule has 13 nitrogen and oxygen atoms in total. The van der Waals surface area contributed by atoms with Gasteiger partial charge in [0.05, 0.1) is 25.4 Å². The van der Waals surface area contributed by atoms with Crippen molar-refractivity contribution in [2.45, 2.75) is 44.2 Å². The molecule has 2 aliphatic carbocycles. The molecule has 13 heteroatoms. The van der Waals surface area contributed by atoms with Crippen LogP contribution in [0.5, 0.6) is 23.0 Å². The van der Waals surface area contributed by atoms with Crippen molar-refractivity contribution in [3.05, 3.63) is 94.1 Å². The molecule has 2 aliphatic heterocycles. The van der Waals surface area contributed by atoms with Crippen molar-refractivity contribution in [2.24, 2.45) is 0 Å². The lowest BCUT2D eigenvalue weighted by atomic mass is 9.77.